The zero-order valence-corrected chi connectivity index (χ0v) is 8.16. The molecule has 2 rings (SSSR count). The van der Waals surface area contributed by atoms with Crippen LogP contribution in [0.4, 0.5) is 4.39 Å². The fraction of sp³-hybridized carbons (Fsp3) is 0.455. The van der Waals surface area contributed by atoms with Gasteiger partial charge in [0, 0.05) is 12.1 Å². The van der Waals surface area contributed by atoms with E-state index in [1.165, 1.54) is 6.07 Å². The SMILES string of the molecule is COc1cc(F)cc(C2CCC2N)c1. The van der Waals surface area contributed by atoms with E-state index in [1.54, 1.807) is 13.2 Å². The molecule has 0 spiro atoms. The van der Waals surface area contributed by atoms with Crippen molar-refractivity contribution in [3.05, 3.63) is 29.6 Å². The van der Waals surface area contributed by atoms with Gasteiger partial charge in [0.15, 0.2) is 0 Å². The molecule has 0 saturated heterocycles. The average molecular weight is 195 g/mol. The molecule has 0 heterocycles. The van der Waals surface area contributed by atoms with Gasteiger partial charge in [0.05, 0.1) is 7.11 Å². The van der Waals surface area contributed by atoms with Gasteiger partial charge in [-0.15, -0.1) is 0 Å². The topological polar surface area (TPSA) is 35.2 Å². The van der Waals surface area contributed by atoms with Gasteiger partial charge in [-0.05, 0) is 36.5 Å². The third-order valence-corrected chi connectivity index (χ3v) is 2.89. The Kier molecular flexibility index (Phi) is 2.42. The smallest absolute Gasteiger partial charge is 0.127 e. The zero-order chi connectivity index (χ0) is 10.1. The third-order valence-electron chi connectivity index (χ3n) is 2.89. The molecule has 0 aliphatic heterocycles. The number of rotatable bonds is 2. The highest BCUT2D eigenvalue weighted by Crippen LogP contribution is 2.37. The maximum Gasteiger partial charge on any atom is 0.127 e. The highest BCUT2D eigenvalue weighted by molar-refractivity contribution is 5.33. The van der Waals surface area contributed by atoms with Gasteiger partial charge < -0.3 is 10.5 Å². The summed E-state index contributed by atoms with van der Waals surface area (Å²) in [6.07, 6.45) is 2.08. The summed E-state index contributed by atoms with van der Waals surface area (Å²) in [6, 6.07) is 4.98. The van der Waals surface area contributed by atoms with Gasteiger partial charge in [-0.25, -0.2) is 4.39 Å². The first-order valence-corrected chi connectivity index (χ1v) is 4.81. The van der Waals surface area contributed by atoms with Gasteiger partial charge in [0.2, 0.25) is 0 Å². The van der Waals surface area contributed by atoms with Crippen LogP contribution in [0.1, 0.15) is 24.3 Å². The predicted octanol–water partition coefficient (Wildman–Crippen LogP) is 2.04. The van der Waals surface area contributed by atoms with Crippen LogP contribution in [0.3, 0.4) is 0 Å². The Balaban J connectivity index is 2.28. The number of benzene rings is 1. The second-order valence-corrected chi connectivity index (χ2v) is 3.77. The molecule has 76 valence electrons. The van der Waals surface area contributed by atoms with Crippen molar-refractivity contribution in [3.8, 4) is 5.75 Å². The fourth-order valence-corrected chi connectivity index (χ4v) is 1.86. The molecular weight excluding hydrogens is 181 g/mol. The van der Waals surface area contributed by atoms with Crippen LogP contribution in [0.2, 0.25) is 0 Å². The lowest BCUT2D eigenvalue weighted by molar-refractivity contribution is 0.343. The zero-order valence-electron chi connectivity index (χ0n) is 8.16. The minimum absolute atomic E-state index is 0.182. The molecule has 2 unspecified atom stereocenters. The van der Waals surface area contributed by atoms with Crippen molar-refractivity contribution in [1.82, 2.24) is 0 Å². The van der Waals surface area contributed by atoms with Crippen molar-refractivity contribution >= 4 is 0 Å². The van der Waals surface area contributed by atoms with Crippen molar-refractivity contribution in [2.45, 2.75) is 24.8 Å². The van der Waals surface area contributed by atoms with Gasteiger partial charge in [0.25, 0.3) is 0 Å². The summed E-state index contributed by atoms with van der Waals surface area (Å²) in [5.41, 5.74) is 6.79. The largest absolute Gasteiger partial charge is 0.497 e. The van der Waals surface area contributed by atoms with Crippen LogP contribution in [0.15, 0.2) is 18.2 Å². The summed E-state index contributed by atoms with van der Waals surface area (Å²) in [5.74, 6) is 0.622. The van der Waals surface area contributed by atoms with Gasteiger partial charge in [-0.3, -0.25) is 0 Å². The first-order chi connectivity index (χ1) is 6.70. The highest BCUT2D eigenvalue weighted by atomic mass is 19.1. The molecule has 3 heteroatoms. The van der Waals surface area contributed by atoms with Crippen LogP contribution in [0.5, 0.6) is 5.75 Å². The van der Waals surface area contributed by atoms with E-state index < -0.39 is 0 Å². The molecule has 2 N–H and O–H groups in total. The first-order valence-electron chi connectivity index (χ1n) is 4.81. The third kappa shape index (κ3) is 1.60. The van der Waals surface area contributed by atoms with Crippen molar-refractivity contribution in [2.24, 2.45) is 5.73 Å². The van der Waals surface area contributed by atoms with Crippen LogP contribution in [0.25, 0.3) is 0 Å². The summed E-state index contributed by atoms with van der Waals surface area (Å²) in [4.78, 5) is 0. The normalized spacial score (nSPS) is 25.6. The molecule has 1 fully saturated rings. The number of nitrogens with two attached hydrogens (primary N) is 1. The van der Waals surface area contributed by atoms with Crippen molar-refractivity contribution < 1.29 is 9.13 Å². The summed E-state index contributed by atoms with van der Waals surface area (Å²) < 4.78 is 18.2. The number of ether oxygens (including phenoxy) is 1. The Morgan fingerprint density at radius 1 is 1.36 bits per heavy atom. The fourth-order valence-electron chi connectivity index (χ4n) is 1.86. The predicted molar refractivity (Wildman–Crippen MR) is 52.9 cm³/mol. The number of halogens is 1. The maximum atomic E-state index is 13.1. The summed E-state index contributed by atoms with van der Waals surface area (Å²) >= 11 is 0. The van der Waals surface area contributed by atoms with E-state index in [1.807, 2.05) is 6.07 Å². The minimum Gasteiger partial charge on any atom is -0.497 e. The Bertz CT molecular complexity index is 340. The number of methoxy groups -OCH3 is 1. The molecule has 2 nitrogen and oxygen atoms in total. The molecule has 0 radical (unpaired) electrons. The molecule has 2 atom stereocenters. The molecule has 1 aliphatic rings. The quantitative estimate of drug-likeness (QED) is 0.783. The lowest BCUT2D eigenvalue weighted by atomic mass is 9.75. The summed E-state index contributed by atoms with van der Waals surface area (Å²) in [6.45, 7) is 0. The van der Waals surface area contributed by atoms with Crippen LogP contribution < -0.4 is 10.5 Å². The van der Waals surface area contributed by atoms with Crippen molar-refractivity contribution in [2.75, 3.05) is 7.11 Å². The van der Waals surface area contributed by atoms with Crippen LogP contribution in [-0.2, 0) is 0 Å². The number of hydrogen-bond acceptors (Lipinski definition) is 2. The molecule has 1 saturated carbocycles. The van der Waals surface area contributed by atoms with E-state index in [9.17, 15) is 4.39 Å². The Morgan fingerprint density at radius 3 is 2.64 bits per heavy atom. The lowest BCUT2D eigenvalue weighted by Gasteiger charge is -2.34. The highest BCUT2D eigenvalue weighted by Gasteiger charge is 2.29. The minimum atomic E-state index is -0.251. The number of hydrogen-bond donors (Lipinski definition) is 1. The molecule has 1 aromatic rings. The second-order valence-electron chi connectivity index (χ2n) is 3.77. The lowest BCUT2D eigenvalue weighted by Crippen LogP contribution is -2.37. The van der Waals surface area contributed by atoms with Crippen LogP contribution in [0, 0.1) is 5.82 Å². The molecular formula is C11H14FNO. The van der Waals surface area contributed by atoms with Crippen molar-refractivity contribution in [1.29, 1.82) is 0 Å². The van der Waals surface area contributed by atoms with Crippen molar-refractivity contribution in [3.63, 3.8) is 0 Å². The summed E-state index contributed by atoms with van der Waals surface area (Å²) in [5, 5.41) is 0. The van der Waals surface area contributed by atoms with Gasteiger partial charge in [-0.1, -0.05) is 0 Å². The maximum absolute atomic E-state index is 13.1. The molecule has 14 heavy (non-hydrogen) atoms. The van der Waals surface area contributed by atoms with Crippen LogP contribution >= 0.6 is 0 Å². The van der Waals surface area contributed by atoms with Gasteiger partial charge in [-0.2, -0.15) is 0 Å². The van der Waals surface area contributed by atoms with E-state index >= 15 is 0 Å². The monoisotopic (exact) mass is 195 g/mol. The van der Waals surface area contributed by atoms with Crippen LogP contribution in [-0.4, -0.2) is 13.2 Å². The molecule has 1 aliphatic carbocycles. The average Bonchev–Trinajstić information content (AvgIpc) is 2.14. The standard InChI is InChI=1S/C11H14FNO/c1-14-9-5-7(4-8(12)6-9)10-2-3-11(10)13/h4-6,10-11H,2-3,13H2,1H3. The molecule has 0 bridgehead atoms. The van der Waals surface area contributed by atoms with E-state index in [0.717, 1.165) is 18.4 Å². The van der Waals surface area contributed by atoms with E-state index in [-0.39, 0.29) is 11.9 Å². The van der Waals surface area contributed by atoms with Gasteiger partial charge >= 0.3 is 0 Å². The van der Waals surface area contributed by atoms with E-state index in [2.05, 4.69) is 0 Å². The Labute approximate surface area is 82.9 Å². The van der Waals surface area contributed by atoms with Gasteiger partial charge in [0.1, 0.15) is 11.6 Å². The Morgan fingerprint density at radius 2 is 2.14 bits per heavy atom. The summed E-state index contributed by atoms with van der Waals surface area (Å²) in [7, 11) is 1.54. The Hall–Kier alpha value is -1.09. The van der Waals surface area contributed by atoms with E-state index in [4.69, 9.17) is 10.5 Å². The van der Waals surface area contributed by atoms with E-state index in [0.29, 0.717) is 11.7 Å². The molecule has 0 amide bonds. The first kappa shape index (κ1) is 9.46. The second kappa shape index (κ2) is 3.58. The molecule has 0 aromatic heterocycles. The molecule has 1 aromatic carbocycles.